The van der Waals surface area contributed by atoms with Gasteiger partial charge in [-0.15, -0.1) is 5.10 Å². The summed E-state index contributed by atoms with van der Waals surface area (Å²) in [6.07, 6.45) is 1.62. The van der Waals surface area contributed by atoms with E-state index >= 15 is 0 Å². The third-order valence-electron chi connectivity index (χ3n) is 3.26. The van der Waals surface area contributed by atoms with Crippen molar-refractivity contribution in [1.29, 1.82) is 0 Å². The van der Waals surface area contributed by atoms with Gasteiger partial charge in [-0.05, 0) is 18.2 Å². The summed E-state index contributed by atoms with van der Waals surface area (Å²) >= 11 is 0. The molecule has 12 nitrogen and oxygen atoms in total. The zero-order valence-corrected chi connectivity index (χ0v) is 13.3. The first-order valence-corrected chi connectivity index (χ1v) is 7.23. The molecule has 2 aromatic carbocycles. The highest BCUT2D eigenvalue weighted by atomic mass is 16.7. The Balaban J connectivity index is 1.81. The maximum absolute atomic E-state index is 12.0. The number of carbonyl (C=O) groups is 1. The van der Waals surface area contributed by atoms with E-state index in [0.29, 0.717) is 0 Å². The summed E-state index contributed by atoms with van der Waals surface area (Å²) in [4.78, 5) is 32.3. The van der Waals surface area contributed by atoms with Gasteiger partial charge in [0, 0.05) is 24.3 Å². The van der Waals surface area contributed by atoms with Crippen LogP contribution in [0.5, 0.6) is 11.5 Å². The van der Waals surface area contributed by atoms with E-state index in [4.69, 9.17) is 9.47 Å². The average molecular weight is 371 g/mol. The lowest BCUT2D eigenvalue weighted by Crippen LogP contribution is -2.15. The minimum Gasteiger partial charge on any atom is -0.395 e. The molecule has 0 atom stereocenters. The van der Waals surface area contributed by atoms with Crippen molar-refractivity contribution in [3.05, 3.63) is 75.1 Å². The van der Waals surface area contributed by atoms with Crippen LogP contribution in [0.15, 0.2) is 54.9 Å². The third-order valence-corrected chi connectivity index (χ3v) is 3.26. The first kappa shape index (κ1) is 17.5. The van der Waals surface area contributed by atoms with Gasteiger partial charge in [-0.2, -0.15) is 0 Å². The van der Waals surface area contributed by atoms with Crippen LogP contribution in [0.1, 0.15) is 0 Å². The lowest BCUT2D eigenvalue weighted by molar-refractivity contribution is -0.385. The molecule has 0 unspecified atom stereocenters. The number of ether oxygens (including phenoxy) is 2. The Bertz CT molecular complexity index is 1000. The number of nitro benzene ring substituents is 2. The number of nitrogens with zero attached hydrogens (tertiary/aromatic N) is 5. The van der Waals surface area contributed by atoms with Crippen molar-refractivity contribution in [1.82, 2.24) is 15.0 Å². The molecule has 0 bridgehead atoms. The van der Waals surface area contributed by atoms with Gasteiger partial charge in [0.05, 0.1) is 22.2 Å². The predicted octanol–water partition coefficient (Wildman–Crippen LogP) is 2.66. The Morgan fingerprint density at radius 3 is 2.22 bits per heavy atom. The van der Waals surface area contributed by atoms with Crippen LogP contribution in [0.25, 0.3) is 5.69 Å². The van der Waals surface area contributed by atoms with Gasteiger partial charge in [0.1, 0.15) is 11.4 Å². The summed E-state index contributed by atoms with van der Waals surface area (Å²) in [5.74, 6) is -0.0344. The molecule has 0 amide bonds. The monoisotopic (exact) mass is 371 g/mol. The van der Waals surface area contributed by atoms with Gasteiger partial charge in [-0.3, -0.25) is 20.2 Å². The van der Waals surface area contributed by atoms with Crippen LogP contribution in [0, 0.1) is 20.2 Å². The number of non-ortho nitro benzene ring substituents is 2. The maximum atomic E-state index is 12.0. The largest absolute Gasteiger partial charge is 0.519 e. The van der Waals surface area contributed by atoms with E-state index in [9.17, 15) is 25.0 Å². The quantitative estimate of drug-likeness (QED) is 0.285. The van der Waals surface area contributed by atoms with Crippen LogP contribution in [0.4, 0.5) is 16.2 Å². The molecule has 3 aromatic rings. The standard InChI is InChI=1S/C15H9N5O7/c21-15(26-12-4-1-10(2-5-12)19(22)23)27-14-6-3-11(20(24)25)9-13(14)18-8-7-16-17-18/h1-9H. The summed E-state index contributed by atoms with van der Waals surface area (Å²) in [5.41, 5.74) is -0.307. The predicted molar refractivity (Wildman–Crippen MR) is 87.8 cm³/mol. The number of rotatable bonds is 5. The summed E-state index contributed by atoms with van der Waals surface area (Å²) in [5, 5.41) is 28.9. The van der Waals surface area contributed by atoms with Gasteiger partial charge in [0.2, 0.25) is 0 Å². The van der Waals surface area contributed by atoms with E-state index in [-0.39, 0.29) is 28.6 Å². The SMILES string of the molecule is O=C(Oc1ccc([N+](=O)[O-])cc1)Oc1ccc([N+](=O)[O-])cc1-n1ccnn1. The molecule has 0 N–H and O–H groups in total. The third kappa shape index (κ3) is 4.01. The van der Waals surface area contributed by atoms with Gasteiger partial charge < -0.3 is 9.47 Å². The lowest BCUT2D eigenvalue weighted by atomic mass is 10.2. The van der Waals surface area contributed by atoms with E-state index in [1.807, 2.05) is 0 Å². The zero-order valence-electron chi connectivity index (χ0n) is 13.3. The molecule has 0 aliphatic heterocycles. The van der Waals surface area contributed by atoms with E-state index in [1.54, 1.807) is 0 Å². The Hall–Kier alpha value is -4.35. The van der Waals surface area contributed by atoms with Crippen molar-refractivity contribution in [2.24, 2.45) is 0 Å². The maximum Gasteiger partial charge on any atom is 0.519 e. The van der Waals surface area contributed by atoms with Crippen molar-refractivity contribution in [3.63, 3.8) is 0 Å². The van der Waals surface area contributed by atoms with Crippen molar-refractivity contribution in [2.45, 2.75) is 0 Å². The molecule has 1 heterocycles. The summed E-state index contributed by atoms with van der Waals surface area (Å²) in [6.45, 7) is 0. The summed E-state index contributed by atoms with van der Waals surface area (Å²) < 4.78 is 11.2. The second-order valence-electron chi connectivity index (χ2n) is 4.96. The number of hydrogen-bond donors (Lipinski definition) is 0. The van der Waals surface area contributed by atoms with E-state index in [0.717, 1.165) is 24.3 Å². The Morgan fingerprint density at radius 1 is 0.963 bits per heavy atom. The Kier molecular flexibility index (Phi) is 4.70. The lowest BCUT2D eigenvalue weighted by Gasteiger charge is -2.09. The molecular weight excluding hydrogens is 362 g/mol. The van der Waals surface area contributed by atoms with Crippen molar-refractivity contribution in [2.75, 3.05) is 0 Å². The summed E-state index contributed by atoms with van der Waals surface area (Å²) in [6, 6.07) is 8.30. The highest BCUT2D eigenvalue weighted by Gasteiger charge is 2.18. The first-order chi connectivity index (χ1) is 12.9. The molecule has 12 heteroatoms. The highest BCUT2D eigenvalue weighted by Crippen LogP contribution is 2.28. The van der Waals surface area contributed by atoms with E-state index in [1.165, 1.54) is 35.3 Å². The topological polar surface area (TPSA) is 153 Å². The molecule has 0 saturated carbocycles. The van der Waals surface area contributed by atoms with E-state index < -0.39 is 16.0 Å². The fraction of sp³-hybridized carbons (Fsp3) is 0. The molecule has 3 rings (SSSR count). The minimum absolute atomic E-state index is 0.0230. The second kappa shape index (κ2) is 7.26. The van der Waals surface area contributed by atoms with Crippen LogP contribution in [-0.2, 0) is 0 Å². The molecule has 0 fully saturated rings. The number of aromatic nitrogens is 3. The fourth-order valence-electron chi connectivity index (χ4n) is 2.06. The fourth-order valence-corrected chi connectivity index (χ4v) is 2.06. The number of carbonyl (C=O) groups excluding carboxylic acids is 1. The molecule has 0 aliphatic carbocycles. The highest BCUT2D eigenvalue weighted by molar-refractivity contribution is 5.69. The van der Waals surface area contributed by atoms with Crippen LogP contribution >= 0.6 is 0 Å². The van der Waals surface area contributed by atoms with Crippen molar-refractivity contribution < 1.29 is 24.1 Å². The molecule has 0 aliphatic rings. The zero-order chi connectivity index (χ0) is 19.4. The number of nitro groups is 2. The first-order valence-electron chi connectivity index (χ1n) is 7.23. The number of benzene rings is 2. The van der Waals surface area contributed by atoms with Crippen LogP contribution in [0.3, 0.4) is 0 Å². The molecular formula is C15H9N5O7. The van der Waals surface area contributed by atoms with Crippen LogP contribution in [-0.4, -0.2) is 31.0 Å². The van der Waals surface area contributed by atoms with Crippen LogP contribution in [0.2, 0.25) is 0 Å². The molecule has 0 radical (unpaired) electrons. The molecule has 136 valence electrons. The van der Waals surface area contributed by atoms with Gasteiger partial charge in [0.25, 0.3) is 11.4 Å². The van der Waals surface area contributed by atoms with E-state index in [2.05, 4.69) is 10.3 Å². The smallest absolute Gasteiger partial charge is 0.395 e. The van der Waals surface area contributed by atoms with Gasteiger partial charge in [-0.25, -0.2) is 9.48 Å². The number of hydrogen-bond acceptors (Lipinski definition) is 9. The Labute approximate surface area is 149 Å². The molecule has 1 aromatic heterocycles. The van der Waals surface area contributed by atoms with Gasteiger partial charge in [-0.1, -0.05) is 5.21 Å². The normalized spacial score (nSPS) is 10.2. The second-order valence-corrected chi connectivity index (χ2v) is 4.96. The molecule has 27 heavy (non-hydrogen) atoms. The van der Waals surface area contributed by atoms with Crippen LogP contribution < -0.4 is 9.47 Å². The Morgan fingerprint density at radius 2 is 1.63 bits per heavy atom. The minimum atomic E-state index is -1.14. The van der Waals surface area contributed by atoms with Crippen molar-refractivity contribution >= 4 is 17.5 Å². The molecule has 0 saturated heterocycles. The average Bonchev–Trinajstić information content (AvgIpc) is 3.16. The molecule has 0 spiro atoms. The summed E-state index contributed by atoms with van der Waals surface area (Å²) in [7, 11) is 0. The van der Waals surface area contributed by atoms with Crippen molar-refractivity contribution in [3.8, 4) is 17.2 Å². The van der Waals surface area contributed by atoms with Gasteiger partial charge in [0.15, 0.2) is 5.75 Å². The van der Waals surface area contributed by atoms with Gasteiger partial charge >= 0.3 is 6.16 Å².